The van der Waals surface area contributed by atoms with E-state index in [1.54, 1.807) is 24.3 Å². The number of aryl methyl sites for hydroxylation is 1. The Morgan fingerprint density at radius 2 is 1.90 bits per heavy atom. The SMILES string of the molecule is Cc1ccc(-c2nc(CN3CCC(C(=O)Nc4ccccc4O)CC3)no2)cc1. The predicted molar refractivity (Wildman–Crippen MR) is 109 cm³/mol. The van der Waals surface area contributed by atoms with E-state index in [0.29, 0.717) is 23.9 Å². The van der Waals surface area contributed by atoms with Crippen molar-refractivity contribution >= 4 is 11.6 Å². The van der Waals surface area contributed by atoms with E-state index in [0.717, 1.165) is 31.5 Å². The van der Waals surface area contributed by atoms with Gasteiger partial charge in [0.15, 0.2) is 5.82 Å². The van der Waals surface area contributed by atoms with Crippen molar-refractivity contribution in [3.05, 3.63) is 59.9 Å². The van der Waals surface area contributed by atoms with Gasteiger partial charge in [-0.15, -0.1) is 0 Å². The summed E-state index contributed by atoms with van der Waals surface area (Å²) in [7, 11) is 0. The first kappa shape index (κ1) is 19.1. The maximum Gasteiger partial charge on any atom is 0.257 e. The van der Waals surface area contributed by atoms with Crippen LogP contribution in [0.25, 0.3) is 11.5 Å². The van der Waals surface area contributed by atoms with Gasteiger partial charge in [-0.05, 0) is 57.1 Å². The van der Waals surface area contributed by atoms with Gasteiger partial charge in [0, 0.05) is 11.5 Å². The van der Waals surface area contributed by atoms with Crippen LogP contribution < -0.4 is 5.32 Å². The maximum atomic E-state index is 12.5. The smallest absolute Gasteiger partial charge is 0.257 e. The fraction of sp³-hybridized carbons (Fsp3) is 0.318. The van der Waals surface area contributed by atoms with Crippen LogP contribution in [0, 0.1) is 12.8 Å². The van der Waals surface area contributed by atoms with Crippen LogP contribution in [-0.2, 0) is 11.3 Å². The van der Waals surface area contributed by atoms with Gasteiger partial charge < -0.3 is 14.9 Å². The number of hydrogen-bond acceptors (Lipinski definition) is 6. The van der Waals surface area contributed by atoms with E-state index in [-0.39, 0.29) is 17.6 Å². The van der Waals surface area contributed by atoms with E-state index in [2.05, 4.69) is 20.4 Å². The van der Waals surface area contributed by atoms with Gasteiger partial charge in [-0.2, -0.15) is 4.98 Å². The minimum atomic E-state index is -0.0701. The second kappa shape index (κ2) is 8.45. The third-order valence-corrected chi connectivity index (χ3v) is 5.25. The fourth-order valence-electron chi connectivity index (χ4n) is 3.50. The van der Waals surface area contributed by atoms with Crippen LogP contribution >= 0.6 is 0 Å². The van der Waals surface area contributed by atoms with Crippen molar-refractivity contribution in [2.75, 3.05) is 18.4 Å². The van der Waals surface area contributed by atoms with Crippen LogP contribution in [0.1, 0.15) is 24.2 Å². The predicted octanol–water partition coefficient (Wildman–Crippen LogP) is 3.60. The quantitative estimate of drug-likeness (QED) is 0.645. The molecule has 1 amide bonds. The molecular formula is C22H24N4O3. The maximum absolute atomic E-state index is 12.5. The number of nitrogens with one attached hydrogen (secondary N) is 1. The molecule has 0 radical (unpaired) electrons. The molecule has 4 rings (SSSR count). The number of aromatic hydroxyl groups is 1. The summed E-state index contributed by atoms with van der Waals surface area (Å²) in [5, 5.41) is 16.7. The fourth-order valence-corrected chi connectivity index (χ4v) is 3.50. The first-order valence-electron chi connectivity index (χ1n) is 9.79. The normalized spacial score (nSPS) is 15.3. The number of aromatic nitrogens is 2. The molecule has 3 aromatic rings. The Morgan fingerprint density at radius 1 is 1.17 bits per heavy atom. The Bertz CT molecular complexity index is 976. The number of piperidine rings is 1. The van der Waals surface area contributed by atoms with Crippen LogP contribution in [-0.4, -0.2) is 39.1 Å². The molecule has 7 nitrogen and oxygen atoms in total. The standard InChI is InChI=1S/C22H24N4O3/c1-15-6-8-17(9-7-15)22-24-20(25-29-22)14-26-12-10-16(11-13-26)21(28)23-18-4-2-3-5-19(18)27/h2-9,16,27H,10-14H2,1H3,(H,23,28). The number of benzene rings is 2. The van der Waals surface area contributed by atoms with Crippen LogP contribution in [0.15, 0.2) is 53.1 Å². The highest BCUT2D eigenvalue weighted by atomic mass is 16.5. The Hall–Kier alpha value is -3.19. The van der Waals surface area contributed by atoms with Crippen molar-refractivity contribution in [1.29, 1.82) is 0 Å². The number of hydrogen-bond donors (Lipinski definition) is 2. The molecule has 1 fully saturated rings. The second-order valence-corrected chi connectivity index (χ2v) is 7.44. The van der Waals surface area contributed by atoms with Crippen LogP contribution in [0.4, 0.5) is 5.69 Å². The lowest BCUT2D eigenvalue weighted by Crippen LogP contribution is -2.38. The number of phenolic OH excluding ortho intramolecular Hbond substituents is 1. The summed E-state index contributed by atoms with van der Waals surface area (Å²) in [6.07, 6.45) is 1.50. The lowest BCUT2D eigenvalue weighted by molar-refractivity contribution is -0.121. The molecule has 29 heavy (non-hydrogen) atoms. The van der Waals surface area contributed by atoms with Crippen molar-refractivity contribution in [2.45, 2.75) is 26.3 Å². The molecule has 2 heterocycles. The largest absolute Gasteiger partial charge is 0.506 e. The summed E-state index contributed by atoms with van der Waals surface area (Å²) in [5.41, 5.74) is 2.55. The summed E-state index contributed by atoms with van der Waals surface area (Å²) in [6.45, 7) is 4.21. The first-order valence-corrected chi connectivity index (χ1v) is 9.79. The number of rotatable bonds is 5. The highest BCUT2D eigenvalue weighted by molar-refractivity contribution is 5.93. The number of carbonyl (C=O) groups excluding carboxylic acids is 1. The lowest BCUT2D eigenvalue weighted by atomic mass is 9.95. The van der Waals surface area contributed by atoms with E-state index in [9.17, 15) is 9.90 Å². The van der Waals surface area contributed by atoms with E-state index in [4.69, 9.17) is 4.52 Å². The topological polar surface area (TPSA) is 91.5 Å². The van der Waals surface area contributed by atoms with Gasteiger partial charge in [-0.1, -0.05) is 35.0 Å². The number of para-hydroxylation sites is 2. The molecule has 0 bridgehead atoms. The highest BCUT2D eigenvalue weighted by Crippen LogP contribution is 2.25. The zero-order valence-corrected chi connectivity index (χ0v) is 16.3. The van der Waals surface area contributed by atoms with Gasteiger partial charge in [-0.25, -0.2) is 0 Å². The van der Waals surface area contributed by atoms with Gasteiger partial charge in [0.2, 0.25) is 5.91 Å². The van der Waals surface area contributed by atoms with Gasteiger partial charge in [0.05, 0.1) is 12.2 Å². The molecule has 0 saturated carbocycles. The Labute approximate surface area is 169 Å². The molecule has 1 saturated heterocycles. The van der Waals surface area contributed by atoms with Crippen LogP contribution in [0.5, 0.6) is 5.75 Å². The Morgan fingerprint density at radius 3 is 2.62 bits per heavy atom. The van der Waals surface area contributed by atoms with Gasteiger partial charge >= 0.3 is 0 Å². The van der Waals surface area contributed by atoms with Crippen molar-refractivity contribution in [1.82, 2.24) is 15.0 Å². The minimum Gasteiger partial charge on any atom is -0.506 e. The third kappa shape index (κ3) is 4.63. The van der Waals surface area contributed by atoms with Crippen molar-refractivity contribution in [2.24, 2.45) is 5.92 Å². The second-order valence-electron chi connectivity index (χ2n) is 7.44. The number of anilines is 1. The van der Waals surface area contributed by atoms with Crippen molar-refractivity contribution in [3.63, 3.8) is 0 Å². The van der Waals surface area contributed by atoms with E-state index in [1.807, 2.05) is 31.2 Å². The molecule has 7 heteroatoms. The summed E-state index contributed by atoms with van der Waals surface area (Å²) in [5.74, 6) is 1.14. The molecule has 2 N–H and O–H groups in total. The summed E-state index contributed by atoms with van der Waals surface area (Å²) < 4.78 is 5.39. The molecule has 1 aliphatic rings. The first-order chi connectivity index (χ1) is 14.1. The minimum absolute atomic E-state index is 0.0487. The molecule has 0 spiro atoms. The van der Waals surface area contributed by atoms with Crippen LogP contribution in [0.3, 0.4) is 0 Å². The monoisotopic (exact) mass is 392 g/mol. The molecule has 0 atom stereocenters. The Balaban J connectivity index is 1.29. The zero-order valence-electron chi connectivity index (χ0n) is 16.3. The molecule has 1 aliphatic heterocycles. The van der Waals surface area contributed by atoms with E-state index >= 15 is 0 Å². The number of nitrogens with zero attached hydrogens (tertiary/aromatic N) is 3. The third-order valence-electron chi connectivity index (χ3n) is 5.25. The van der Waals surface area contributed by atoms with Gasteiger partial charge in [-0.3, -0.25) is 9.69 Å². The van der Waals surface area contributed by atoms with Gasteiger partial charge in [0.25, 0.3) is 5.89 Å². The molecule has 150 valence electrons. The number of amides is 1. The number of likely N-dealkylation sites (tertiary alicyclic amines) is 1. The molecule has 0 aliphatic carbocycles. The van der Waals surface area contributed by atoms with Crippen LogP contribution in [0.2, 0.25) is 0 Å². The van der Waals surface area contributed by atoms with Gasteiger partial charge in [0.1, 0.15) is 5.75 Å². The average molecular weight is 392 g/mol. The van der Waals surface area contributed by atoms with Crippen molar-refractivity contribution < 1.29 is 14.4 Å². The van der Waals surface area contributed by atoms with E-state index in [1.165, 1.54) is 5.56 Å². The number of carbonyl (C=O) groups is 1. The summed E-state index contributed by atoms with van der Waals surface area (Å²) in [6, 6.07) is 14.8. The molecule has 1 aromatic heterocycles. The Kier molecular flexibility index (Phi) is 5.57. The van der Waals surface area contributed by atoms with Crippen molar-refractivity contribution in [3.8, 4) is 17.2 Å². The zero-order chi connectivity index (χ0) is 20.2. The summed E-state index contributed by atoms with van der Waals surface area (Å²) in [4.78, 5) is 19.2. The van der Waals surface area contributed by atoms with E-state index < -0.39 is 0 Å². The summed E-state index contributed by atoms with van der Waals surface area (Å²) >= 11 is 0. The number of phenols is 1. The molecule has 2 aromatic carbocycles. The molecule has 0 unspecified atom stereocenters. The average Bonchev–Trinajstić information content (AvgIpc) is 3.19. The highest BCUT2D eigenvalue weighted by Gasteiger charge is 2.26. The lowest BCUT2D eigenvalue weighted by Gasteiger charge is -2.30. The molecular weight excluding hydrogens is 368 g/mol.